The highest BCUT2D eigenvalue weighted by Gasteiger charge is 2.13. The Morgan fingerprint density at radius 3 is 2.50 bits per heavy atom. The molecule has 1 aromatic heterocycles. The van der Waals surface area contributed by atoms with Crippen molar-refractivity contribution in [3.8, 4) is 11.3 Å². The van der Waals surface area contributed by atoms with Crippen LogP contribution in [-0.4, -0.2) is 9.49 Å². The molecular weight excluding hydrogens is 252 g/mol. The Hall–Kier alpha value is -2.62. The standard InChI is InChI=1S/C16H14N2O2/c1-2-17-15-9-8-14(18(19)20)10-13(15)11-16(17)12-6-4-3-5-7-12/h3-11H,2H2,1H3. The van der Waals surface area contributed by atoms with Crippen molar-refractivity contribution in [1.29, 1.82) is 0 Å². The maximum absolute atomic E-state index is 10.9. The van der Waals surface area contributed by atoms with Gasteiger partial charge in [0.15, 0.2) is 0 Å². The molecule has 0 saturated carbocycles. The van der Waals surface area contributed by atoms with Crippen LogP contribution in [0.2, 0.25) is 0 Å². The molecule has 0 aliphatic heterocycles. The molecule has 0 atom stereocenters. The largest absolute Gasteiger partial charge is 0.341 e. The maximum Gasteiger partial charge on any atom is 0.270 e. The highest BCUT2D eigenvalue weighted by atomic mass is 16.6. The number of aryl methyl sites for hydroxylation is 1. The van der Waals surface area contributed by atoms with E-state index in [2.05, 4.69) is 23.6 Å². The average molecular weight is 266 g/mol. The second-order valence-electron chi connectivity index (χ2n) is 4.64. The van der Waals surface area contributed by atoms with Gasteiger partial charge in [-0.25, -0.2) is 0 Å². The van der Waals surface area contributed by atoms with Crippen LogP contribution in [0.3, 0.4) is 0 Å². The summed E-state index contributed by atoms with van der Waals surface area (Å²) in [5.74, 6) is 0. The van der Waals surface area contributed by atoms with Crippen LogP contribution in [0.25, 0.3) is 22.2 Å². The van der Waals surface area contributed by atoms with E-state index in [-0.39, 0.29) is 10.6 Å². The van der Waals surface area contributed by atoms with E-state index in [1.165, 1.54) is 0 Å². The van der Waals surface area contributed by atoms with Gasteiger partial charge >= 0.3 is 0 Å². The lowest BCUT2D eigenvalue weighted by atomic mass is 10.1. The number of hydrogen-bond donors (Lipinski definition) is 0. The molecule has 2 aromatic carbocycles. The van der Waals surface area contributed by atoms with E-state index in [1.54, 1.807) is 12.1 Å². The minimum absolute atomic E-state index is 0.130. The second kappa shape index (κ2) is 4.81. The molecule has 0 aliphatic rings. The summed E-state index contributed by atoms with van der Waals surface area (Å²) in [5.41, 5.74) is 3.36. The third kappa shape index (κ3) is 1.95. The number of benzene rings is 2. The Labute approximate surface area is 116 Å². The van der Waals surface area contributed by atoms with E-state index in [0.717, 1.165) is 28.7 Å². The van der Waals surface area contributed by atoms with Crippen molar-refractivity contribution < 1.29 is 4.92 Å². The summed E-state index contributed by atoms with van der Waals surface area (Å²) in [5, 5.41) is 11.8. The quantitative estimate of drug-likeness (QED) is 0.526. The van der Waals surface area contributed by atoms with Crippen LogP contribution < -0.4 is 0 Å². The minimum Gasteiger partial charge on any atom is -0.341 e. The van der Waals surface area contributed by atoms with Gasteiger partial charge < -0.3 is 4.57 Å². The van der Waals surface area contributed by atoms with Gasteiger partial charge in [-0.1, -0.05) is 30.3 Å². The first-order valence-electron chi connectivity index (χ1n) is 6.54. The summed E-state index contributed by atoms with van der Waals surface area (Å²) >= 11 is 0. The highest BCUT2D eigenvalue weighted by molar-refractivity contribution is 5.88. The van der Waals surface area contributed by atoms with Crippen LogP contribution in [-0.2, 0) is 6.54 Å². The van der Waals surface area contributed by atoms with Crippen LogP contribution >= 0.6 is 0 Å². The first-order chi connectivity index (χ1) is 9.70. The van der Waals surface area contributed by atoms with E-state index in [4.69, 9.17) is 0 Å². The Morgan fingerprint density at radius 1 is 1.10 bits per heavy atom. The SMILES string of the molecule is CCn1c(-c2ccccc2)cc2cc([N+](=O)[O-])ccc21. The highest BCUT2D eigenvalue weighted by Crippen LogP contribution is 2.30. The van der Waals surface area contributed by atoms with Gasteiger partial charge in [-0.15, -0.1) is 0 Å². The number of aromatic nitrogens is 1. The van der Waals surface area contributed by atoms with Crippen molar-refractivity contribution in [2.24, 2.45) is 0 Å². The first kappa shape index (κ1) is 12.4. The Bertz CT molecular complexity index is 776. The molecule has 20 heavy (non-hydrogen) atoms. The molecule has 0 amide bonds. The van der Waals surface area contributed by atoms with Crippen LogP contribution in [0.5, 0.6) is 0 Å². The summed E-state index contributed by atoms with van der Waals surface area (Å²) in [7, 11) is 0. The zero-order valence-electron chi connectivity index (χ0n) is 11.1. The van der Waals surface area contributed by atoms with E-state index in [9.17, 15) is 10.1 Å². The van der Waals surface area contributed by atoms with Crippen molar-refractivity contribution in [3.05, 3.63) is 64.7 Å². The number of rotatable bonds is 3. The van der Waals surface area contributed by atoms with Gasteiger partial charge in [-0.3, -0.25) is 10.1 Å². The number of hydrogen-bond acceptors (Lipinski definition) is 2. The van der Waals surface area contributed by atoms with Gasteiger partial charge in [0, 0.05) is 35.3 Å². The molecule has 100 valence electrons. The van der Waals surface area contributed by atoms with E-state index < -0.39 is 0 Å². The van der Waals surface area contributed by atoms with Crippen molar-refractivity contribution in [3.63, 3.8) is 0 Å². The lowest BCUT2D eigenvalue weighted by Crippen LogP contribution is -1.96. The number of fused-ring (bicyclic) bond motifs is 1. The molecule has 0 bridgehead atoms. The summed E-state index contributed by atoms with van der Waals surface area (Å²) in [6, 6.07) is 17.1. The zero-order valence-corrected chi connectivity index (χ0v) is 11.1. The molecule has 0 saturated heterocycles. The molecule has 0 fully saturated rings. The van der Waals surface area contributed by atoms with Crippen LogP contribution in [0.15, 0.2) is 54.6 Å². The van der Waals surface area contributed by atoms with Crippen LogP contribution in [0, 0.1) is 10.1 Å². The van der Waals surface area contributed by atoms with Crippen molar-refractivity contribution in [2.45, 2.75) is 13.5 Å². The molecule has 0 radical (unpaired) electrons. The molecule has 0 N–H and O–H groups in total. The van der Waals surface area contributed by atoms with Crippen LogP contribution in [0.1, 0.15) is 6.92 Å². The van der Waals surface area contributed by atoms with E-state index >= 15 is 0 Å². The fourth-order valence-electron chi connectivity index (χ4n) is 2.56. The summed E-state index contributed by atoms with van der Waals surface area (Å²) < 4.78 is 2.17. The van der Waals surface area contributed by atoms with Gasteiger partial charge in [-0.05, 0) is 24.6 Å². The van der Waals surface area contributed by atoms with Crippen LogP contribution in [0.4, 0.5) is 5.69 Å². The van der Waals surface area contributed by atoms with Gasteiger partial charge in [-0.2, -0.15) is 0 Å². The zero-order chi connectivity index (χ0) is 14.1. The smallest absolute Gasteiger partial charge is 0.270 e. The predicted octanol–water partition coefficient (Wildman–Crippen LogP) is 4.24. The van der Waals surface area contributed by atoms with Gasteiger partial charge in [0.2, 0.25) is 0 Å². The molecule has 3 aromatic rings. The summed E-state index contributed by atoms with van der Waals surface area (Å²) in [4.78, 5) is 10.5. The number of nitro groups is 1. The number of nitro benzene ring substituents is 1. The fourth-order valence-corrected chi connectivity index (χ4v) is 2.56. The van der Waals surface area contributed by atoms with Gasteiger partial charge in [0.1, 0.15) is 0 Å². The molecule has 0 aliphatic carbocycles. The van der Waals surface area contributed by atoms with Crippen molar-refractivity contribution in [2.75, 3.05) is 0 Å². The second-order valence-corrected chi connectivity index (χ2v) is 4.64. The van der Waals surface area contributed by atoms with Crippen molar-refractivity contribution in [1.82, 2.24) is 4.57 Å². The maximum atomic E-state index is 10.9. The molecule has 4 nitrogen and oxygen atoms in total. The lowest BCUT2D eigenvalue weighted by Gasteiger charge is -2.07. The molecule has 3 rings (SSSR count). The Morgan fingerprint density at radius 2 is 1.85 bits per heavy atom. The fraction of sp³-hybridized carbons (Fsp3) is 0.125. The first-order valence-corrected chi connectivity index (χ1v) is 6.54. The average Bonchev–Trinajstić information content (AvgIpc) is 2.85. The summed E-state index contributed by atoms with van der Waals surface area (Å²) in [6.45, 7) is 2.90. The normalized spacial score (nSPS) is 10.8. The molecule has 1 heterocycles. The van der Waals surface area contributed by atoms with Crippen molar-refractivity contribution >= 4 is 16.6 Å². The molecular formula is C16H14N2O2. The predicted molar refractivity (Wildman–Crippen MR) is 79.7 cm³/mol. The third-order valence-corrected chi connectivity index (χ3v) is 3.48. The molecule has 4 heteroatoms. The van der Waals surface area contributed by atoms with Gasteiger partial charge in [0.05, 0.1) is 4.92 Å². The lowest BCUT2D eigenvalue weighted by molar-refractivity contribution is -0.384. The molecule has 0 unspecified atom stereocenters. The number of non-ortho nitro benzene ring substituents is 1. The Kier molecular flexibility index (Phi) is 2.99. The van der Waals surface area contributed by atoms with E-state index in [0.29, 0.717) is 0 Å². The monoisotopic (exact) mass is 266 g/mol. The molecule has 0 spiro atoms. The summed E-state index contributed by atoms with van der Waals surface area (Å²) in [6.07, 6.45) is 0. The van der Waals surface area contributed by atoms with E-state index in [1.807, 2.05) is 30.3 Å². The topological polar surface area (TPSA) is 48.1 Å². The Balaban J connectivity index is 2.25. The minimum atomic E-state index is -0.356. The third-order valence-electron chi connectivity index (χ3n) is 3.48. The van der Waals surface area contributed by atoms with Gasteiger partial charge in [0.25, 0.3) is 5.69 Å². The number of nitrogens with zero attached hydrogens (tertiary/aromatic N) is 2.